The number of anilines is 1. The maximum Gasteiger partial charge on any atom is 0.271 e. The number of aliphatic hydroxyl groups is 1. The van der Waals surface area contributed by atoms with E-state index < -0.39 is 4.92 Å². The van der Waals surface area contributed by atoms with E-state index in [0.29, 0.717) is 17.3 Å². The van der Waals surface area contributed by atoms with E-state index in [1.807, 2.05) is 12.1 Å². The molecule has 0 aromatic heterocycles. The van der Waals surface area contributed by atoms with Crippen LogP contribution in [0.2, 0.25) is 5.02 Å². The minimum Gasteiger partial charge on any atom is -0.393 e. The molecule has 2 N–H and O–H groups in total. The summed E-state index contributed by atoms with van der Waals surface area (Å²) < 4.78 is 0. The summed E-state index contributed by atoms with van der Waals surface area (Å²) in [5.41, 5.74) is 3.05. The molecule has 1 aliphatic rings. The predicted octanol–water partition coefficient (Wildman–Crippen LogP) is 3.82. The number of nitrogens with one attached hydrogen (secondary N) is 1. The Labute approximate surface area is 157 Å². The van der Waals surface area contributed by atoms with Crippen LogP contribution in [0, 0.1) is 10.1 Å². The third kappa shape index (κ3) is 4.72. The highest BCUT2D eigenvalue weighted by atomic mass is 35.5. The Hall–Kier alpha value is -2.15. The fourth-order valence-corrected chi connectivity index (χ4v) is 3.40. The van der Waals surface area contributed by atoms with Crippen molar-refractivity contribution in [3.63, 3.8) is 0 Å². The average molecular weight is 376 g/mol. The summed E-state index contributed by atoms with van der Waals surface area (Å²) in [4.78, 5) is 12.7. The predicted molar refractivity (Wildman–Crippen MR) is 102 cm³/mol. The molecule has 1 saturated heterocycles. The molecule has 1 fully saturated rings. The number of nitro groups is 1. The standard InChI is InChI=1S/C19H22ClN3O3/c20-18-11-16(23(25)26)5-6-19(18)21-12-14-3-1-2-4-15(14)13-22-9-7-17(24)8-10-22/h1-6,11,17,21,24H,7-10,12-13H2. The summed E-state index contributed by atoms with van der Waals surface area (Å²) in [6, 6.07) is 12.6. The van der Waals surface area contributed by atoms with Crippen LogP contribution in [0.5, 0.6) is 0 Å². The van der Waals surface area contributed by atoms with E-state index >= 15 is 0 Å². The Morgan fingerprint density at radius 1 is 1.19 bits per heavy atom. The van der Waals surface area contributed by atoms with Gasteiger partial charge in [0.15, 0.2) is 0 Å². The minimum absolute atomic E-state index is 0.0202. The lowest BCUT2D eigenvalue weighted by Crippen LogP contribution is -2.35. The van der Waals surface area contributed by atoms with E-state index in [2.05, 4.69) is 22.3 Å². The van der Waals surface area contributed by atoms with Crippen molar-refractivity contribution in [2.45, 2.75) is 32.0 Å². The highest BCUT2D eigenvalue weighted by Crippen LogP contribution is 2.27. The summed E-state index contributed by atoms with van der Waals surface area (Å²) in [5.74, 6) is 0. The first-order valence-electron chi connectivity index (χ1n) is 8.68. The lowest BCUT2D eigenvalue weighted by Gasteiger charge is -2.30. The van der Waals surface area contributed by atoms with Gasteiger partial charge in [-0.05, 0) is 30.0 Å². The van der Waals surface area contributed by atoms with E-state index in [9.17, 15) is 15.2 Å². The molecule has 26 heavy (non-hydrogen) atoms. The summed E-state index contributed by atoms with van der Waals surface area (Å²) in [5, 5.41) is 24.1. The number of hydrogen-bond donors (Lipinski definition) is 2. The van der Waals surface area contributed by atoms with Crippen LogP contribution < -0.4 is 5.32 Å². The van der Waals surface area contributed by atoms with E-state index in [1.165, 1.54) is 17.7 Å². The molecule has 0 unspecified atom stereocenters. The zero-order valence-electron chi connectivity index (χ0n) is 14.4. The summed E-state index contributed by atoms with van der Waals surface area (Å²) in [6.45, 7) is 3.23. The molecule has 0 atom stereocenters. The third-order valence-corrected chi connectivity index (χ3v) is 5.01. The number of nitro benzene ring substituents is 1. The van der Waals surface area contributed by atoms with E-state index in [-0.39, 0.29) is 11.8 Å². The third-order valence-electron chi connectivity index (χ3n) is 4.70. The molecule has 2 aromatic carbocycles. The number of piperidine rings is 1. The first-order valence-corrected chi connectivity index (χ1v) is 9.06. The van der Waals surface area contributed by atoms with Crippen molar-refractivity contribution in [3.05, 3.63) is 68.7 Å². The number of halogens is 1. The Balaban J connectivity index is 1.66. The summed E-state index contributed by atoms with van der Waals surface area (Å²) >= 11 is 6.15. The van der Waals surface area contributed by atoms with Gasteiger partial charge in [0.2, 0.25) is 0 Å². The molecule has 0 radical (unpaired) electrons. The monoisotopic (exact) mass is 375 g/mol. The van der Waals surface area contributed by atoms with Gasteiger partial charge in [0.25, 0.3) is 5.69 Å². The first kappa shape index (κ1) is 18.6. The molecule has 138 valence electrons. The van der Waals surface area contributed by atoms with Crippen molar-refractivity contribution in [3.8, 4) is 0 Å². The van der Waals surface area contributed by atoms with Crippen LogP contribution in [0.1, 0.15) is 24.0 Å². The molecule has 0 saturated carbocycles. The van der Waals surface area contributed by atoms with Crippen molar-refractivity contribution in [2.75, 3.05) is 18.4 Å². The van der Waals surface area contributed by atoms with Gasteiger partial charge in [0.05, 0.1) is 21.7 Å². The number of benzene rings is 2. The van der Waals surface area contributed by atoms with Gasteiger partial charge in [-0.2, -0.15) is 0 Å². The van der Waals surface area contributed by atoms with Crippen LogP contribution in [0.3, 0.4) is 0 Å². The maximum absolute atomic E-state index is 10.8. The lowest BCUT2D eigenvalue weighted by molar-refractivity contribution is -0.384. The fraction of sp³-hybridized carbons (Fsp3) is 0.368. The number of aliphatic hydroxyl groups excluding tert-OH is 1. The quantitative estimate of drug-likeness (QED) is 0.592. The molecule has 6 nitrogen and oxygen atoms in total. The zero-order valence-corrected chi connectivity index (χ0v) is 15.2. The van der Waals surface area contributed by atoms with Gasteiger partial charge in [-0.15, -0.1) is 0 Å². The van der Waals surface area contributed by atoms with Gasteiger partial charge < -0.3 is 10.4 Å². The number of likely N-dealkylation sites (tertiary alicyclic amines) is 1. The number of hydrogen-bond acceptors (Lipinski definition) is 5. The Morgan fingerprint density at radius 2 is 1.88 bits per heavy atom. The Bertz CT molecular complexity index is 776. The first-order chi connectivity index (χ1) is 12.5. The van der Waals surface area contributed by atoms with Gasteiger partial charge in [-0.25, -0.2) is 0 Å². The van der Waals surface area contributed by atoms with Crippen molar-refractivity contribution in [2.24, 2.45) is 0 Å². The second-order valence-electron chi connectivity index (χ2n) is 6.55. The minimum atomic E-state index is -0.458. The molecule has 0 bridgehead atoms. The second-order valence-corrected chi connectivity index (χ2v) is 6.96. The van der Waals surface area contributed by atoms with Crippen LogP contribution in [0.25, 0.3) is 0 Å². The highest BCUT2D eigenvalue weighted by Gasteiger charge is 2.18. The van der Waals surface area contributed by atoms with Gasteiger partial charge in [-0.1, -0.05) is 35.9 Å². The van der Waals surface area contributed by atoms with Gasteiger partial charge in [0, 0.05) is 38.3 Å². The molecule has 3 rings (SSSR count). The van der Waals surface area contributed by atoms with Gasteiger partial charge >= 0.3 is 0 Å². The molecule has 2 aromatic rings. The van der Waals surface area contributed by atoms with Crippen LogP contribution in [0.15, 0.2) is 42.5 Å². The lowest BCUT2D eigenvalue weighted by atomic mass is 10.0. The van der Waals surface area contributed by atoms with E-state index in [4.69, 9.17) is 11.6 Å². The zero-order chi connectivity index (χ0) is 18.5. The van der Waals surface area contributed by atoms with Crippen LogP contribution in [-0.4, -0.2) is 34.1 Å². The van der Waals surface area contributed by atoms with E-state index in [1.54, 1.807) is 6.07 Å². The number of rotatable bonds is 6. The normalized spacial score (nSPS) is 15.8. The molecule has 0 aliphatic carbocycles. The number of nitrogens with zero attached hydrogens (tertiary/aromatic N) is 2. The summed E-state index contributed by atoms with van der Waals surface area (Å²) in [6.07, 6.45) is 1.46. The smallest absolute Gasteiger partial charge is 0.271 e. The molecule has 1 aliphatic heterocycles. The number of non-ortho nitro benzene ring substituents is 1. The highest BCUT2D eigenvalue weighted by molar-refractivity contribution is 6.33. The van der Waals surface area contributed by atoms with Crippen LogP contribution in [0.4, 0.5) is 11.4 Å². The molecular formula is C19H22ClN3O3. The average Bonchev–Trinajstić information content (AvgIpc) is 2.63. The van der Waals surface area contributed by atoms with E-state index in [0.717, 1.165) is 38.0 Å². The molecule has 0 amide bonds. The van der Waals surface area contributed by atoms with Crippen molar-refractivity contribution in [1.82, 2.24) is 4.90 Å². The SMILES string of the molecule is O=[N+]([O-])c1ccc(NCc2ccccc2CN2CCC(O)CC2)c(Cl)c1. The van der Waals surface area contributed by atoms with Gasteiger partial charge in [0.1, 0.15) is 0 Å². The topological polar surface area (TPSA) is 78.6 Å². The summed E-state index contributed by atoms with van der Waals surface area (Å²) in [7, 11) is 0. The fourth-order valence-electron chi connectivity index (χ4n) is 3.15. The van der Waals surface area contributed by atoms with Gasteiger partial charge in [-0.3, -0.25) is 15.0 Å². The molecule has 0 spiro atoms. The largest absolute Gasteiger partial charge is 0.393 e. The second kappa shape index (κ2) is 8.49. The molecule has 7 heteroatoms. The van der Waals surface area contributed by atoms with Crippen molar-refractivity contribution < 1.29 is 10.0 Å². The van der Waals surface area contributed by atoms with Crippen molar-refractivity contribution in [1.29, 1.82) is 0 Å². The Kier molecular flexibility index (Phi) is 6.08. The van der Waals surface area contributed by atoms with Crippen LogP contribution >= 0.6 is 11.6 Å². The molecule has 1 heterocycles. The Morgan fingerprint density at radius 3 is 2.54 bits per heavy atom. The van der Waals surface area contributed by atoms with Crippen LogP contribution in [-0.2, 0) is 13.1 Å². The molecular weight excluding hydrogens is 354 g/mol. The maximum atomic E-state index is 10.8. The van der Waals surface area contributed by atoms with Crippen molar-refractivity contribution >= 4 is 23.0 Å².